The lowest BCUT2D eigenvalue weighted by atomic mass is 9.78. The summed E-state index contributed by atoms with van der Waals surface area (Å²) >= 11 is 0. The van der Waals surface area contributed by atoms with Crippen LogP contribution < -0.4 is 15.8 Å². The maximum atomic E-state index is 12.5. The van der Waals surface area contributed by atoms with E-state index >= 15 is 0 Å². The number of rotatable bonds is 5. The van der Waals surface area contributed by atoms with Crippen molar-refractivity contribution in [1.29, 1.82) is 0 Å². The van der Waals surface area contributed by atoms with Crippen LogP contribution in [0.1, 0.15) is 44.2 Å². The average Bonchev–Trinajstić information content (AvgIpc) is 2.54. The Morgan fingerprint density at radius 1 is 1.43 bits per heavy atom. The van der Waals surface area contributed by atoms with Crippen molar-refractivity contribution in [2.24, 2.45) is 17.6 Å². The largest absolute Gasteiger partial charge is 0.497 e. The number of carbonyl (C=O) groups excluding carboxylic acids is 1. The van der Waals surface area contributed by atoms with E-state index in [0.29, 0.717) is 12.5 Å². The van der Waals surface area contributed by atoms with E-state index < -0.39 is 0 Å². The smallest absolute Gasteiger partial charge is 0.223 e. The number of nitrogens with two attached hydrogens (primary N) is 1. The molecule has 0 spiro atoms. The molecule has 1 amide bonds. The molecule has 2 rings (SSSR count). The highest BCUT2D eigenvalue weighted by atomic mass is 16.5. The molecule has 0 aliphatic heterocycles. The fraction of sp³-hybridized carbons (Fsp3) is 0.588. The molecule has 0 radical (unpaired) electrons. The van der Waals surface area contributed by atoms with Crippen molar-refractivity contribution < 1.29 is 9.53 Å². The SMILES string of the molecule is COc1cccc(C(C)NC(=O)C2CCCCC2CN)c1. The Bertz CT molecular complexity index is 476. The summed E-state index contributed by atoms with van der Waals surface area (Å²) in [6, 6.07) is 7.80. The molecule has 0 heterocycles. The van der Waals surface area contributed by atoms with Crippen molar-refractivity contribution in [3.8, 4) is 5.75 Å². The molecule has 4 nitrogen and oxygen atoms in total. The predicted octanol–water partition coefficient (Wildman–Crippen LogP) is 2.64. The number of amides is 1. The molecule has 0 saturated heterocycles. The van der Waals surface area contributed by atoms with Crippen molar-refractivity contribution in [1.82, 2.24) is 5.32 Å². The maximum absolute atomic E-state index is 12.5. The Morgan fingerprint density at radius 3 is 2.90 bits per heavy atom. The number of carbonyl (C=O) groups is 1. The average molecular weight is 290 g/mol. The van der Waals surface area contributed by atoms with Gasteiger partial charge in [0.1, 0.15) is 5.75 Å². The third kappa shape index (κ3) is 3.97. The molecular weight excluding hydrogens is 264 g/mol. The molecule has 1 aromatic carbocycles. The minimum Gasteiger partial charge on any atom is -0.497 e. The van der Waals surface area contributed by atoms with Gasteiger partial charge in [0.2, 0.25) is 5.91 Å². The summed E-state index contributed by atoms with van der Waals surface area (Å²) in [5.41, 5.74) is 6.87. The van der Waals surface area contributed by atoms with Gasteiger partial charge in [-0.3, -0.25) is 4.79 Å². The summed E-state index contributed by atoms with van der Waals surface area (Å²) in [5, 5.41) is 3.13. The second kappa shape index (κ2) is 7.46. The molecular formula is C17H26N2O2. The van der Waals surface area contributed by atoms with Gasteiger partial charge in [-0.15, -0.1) is 0 Å². The van der Waals surface area contributed by atoms with E-state index in [2.05, 4.69) is 5.32 Å². The molecule has 1 aromatic rings. The molecule has 3 atom stereocenters. The molecule has 1 aliphatic carbocycles. The molecule has 1 aliphatic rings. The molecule has 3 N–H and O–H groups in total. The number of nitrogens with one attached hydrogen (secondary N) is 1. The van der Waals surface area contributed by atoms with Gasteiger partial charge in [-0.25, -0.2) is 0 Å². The Hall–Kier alpha value is -1.55. The van der Waals surface area contributed by atoms with Crippen LogP contribution in [-0.4, -0.2) is 19.6 Å². The second-order valence-electron chi connectivity index (χ2n) is 5.89. The number of hydrogen-bond donors (Lipinski definition) is 2. The first-order valence-electron chi connectivity index (χ1n) is 7.80. The lowest BCUT2D eigenvalue weighted by molar-refractivity contribution is -0.128. The monoisotopic (exact) mass is 290 g/mol. The van der Waals surface area contributed by atoms with Gasteiger partial charge in [0.05, 0.1) is 13.2 Å². The van der Waals surface area contributed by atoms with E-state index in [1.807, 2.05) is 31.2 Å². The van der Waals surface area contributed by atoms with Crippen LogP contribution >= 0.6 is 0 Å². The summed E-state index contributed by atoms with van der Waals surface area (Å²) in [6.07, 6.45) is 4.35. The van der Waals surface area contributed by atoms with Crippen molar-refractivity contribution in [2.45, 2.75) is 38.6 Å². The van der Waals surface area contributed by atoms with Crippen LogP contribution in [0.5, 0.6) is 5.75 Å². The van der Waals surface area contributed by atoms with Gasteiger partial charge in [-0.05, 0) is 49.9 Å². The van der Waals surface area contributed by atoms with Crippen LogP contribution in [-0.2, 0) is 4.79 Å². The van der Waals surface area contributed by atoms with Gasteiger partial charge >= 0.3 is 0 Å². The lowest BCUT2D eigenvalue weighted by Crippen LogP contribution is -2.40. The van der Waals surface area contributed by atoms with Gasteiger partial charge in [0, 0.05) is 5.92 Å². The molecule has 3 unspecified atom stereocenters. The van der Waals surface area contributed by atoms with Crippen molar-refractivity contribution >= 4 is 5.91 Å². The lowest BCUT2D eigenvalue weighted by Gasteiger charge is -2.30. The number of methoxy groups -OCH3 is 1. The summed E-state index contributed by atoms with van der Waals surface area (Å²) in [5.74, 6) is 1.35. The molecule has 1 saturated carbocycles. The first-order valence-corrected chi connectivity index (χ1v) is 7.80. The number of ether oxygens (including phenoxy) is 1. The zero-order chi connectivity index (χ0) is 15.2. The Balaban J connectivity index is 2.00. The Kier molecular flexibility index (Phi) is 5.62. The van der Waals surface area contributed by atoms with E-state index in [1.165, 1.54) is 6.42 Å². The van der Waals surface area contributed by atoms with Gasteiger partial charge in [-0.1, -0.05) is 25.0 Å². The second-order valence-corrected chi connectivity index (χ2v) is 5.89. The molecule has 116 valence electrons. The van der Waals surface area contributed by atoms with E-state index in [1.54, 1.807) is 7.11 Å². The topological polar surface area (TPSA) is 64.3 Å². The van der Waals surface area contributed by atoms with Crippen LogP contribution in [0.3, 0.4) is 0 Å². The zero-order valence-corrected chi connectivity index (χ0v) is 13.0. The van der Waals surface area contributed by atoms with Crippen molar-refractivity contribution in [3.63, 3.8) is 0 Å². The highest BCUT2D eigenvalue weighted by Gasteiger charge is 2.30. The predicted molar refractivity (Wildman–Crippen MR) is 84.1 cm³/mol. The Morgan fingerprint density at radius 2 is 2.19 bits per heavy atom. The van der Waals surface area contributed by atoms with Gasteiger partial charge in [0.15, 0.2) is 0 Å². The zero-order valence-electron chi connectivity index (χ0n) is 13.0. The molecule has 4 heteroatoms. The van der Waals surface area contributed by atoms with Gasteiger partial charge in [0.25, 0.3) is 0 Å². The highest BCUT2D eigenvalue weighted by Crippen LogP contribution is 2.30. The van der Waals surface area contributed by atoms with Crippen molar-refractivity contribution in [2.75, 3.05) is 13.7 Å². The van der Waals surface area contributed by atoms with E-state index in [9.17, 15) is 4.79 Å². The summed E-state index contributed by atoms with van der Waals surface area (Å²) in [7, 11) is 1.65. The quantitative estimate of drug-likeness (QED) is 0.876. The normalized spacial score (nSPS) is 23.4. The minimum atomic E-state index is -0.0204. The van der Waals surface area contributed by atoms with E-state index in [0.717, 1.165) is 30.6 Å². The summed E-state index contributed by atoms with van der Waals surface area (Å²) in [4.78, 5) is 12.5. The minimum absolute atomic E-state index is 0.0204. The summed E-state index contributed by atoms with van der Waals surface area (Å²) < 4.78 is 5.23. The summed E-state index contributed by atoms with van der Waals surface area (Å²) in [6.45, 7) is 2.61. The van der Waals surface area contributed by atoms with Crippen LogP contribution in [0.2, 0.25) is 0 Å². The molecule has 1 fully saturated rings. The highest BCUT2D eigenvalue weighted by molar-refractivity contribution is 5.79. The molecule has 0 bridgehead atoms. The number of benzene rings is 1. The van der Waals surface area contributed by atoms with Crippen LogP contribution in [0.15, 0.2) is 24.3 Å². The van der Waals surface area contributed by atoms with Crippen LogP contribution in [0, 0.1) is 11.8 Å². The first kappa shape index (κ1) is 15.8. The van der Waals surface area contributed by atoms with Gasteiger partial charge in [-0.2, -0.15) is 0 Å². The third-order valence-corrected chi connectivity index (χ3v) is 4.50. The fourth-order valence-electron chi connectivity index (χ4n) is 3.15. The number of hydrogen-bond acceptors (Lipinski definition) is 3. The third-order valence-electron chi connectivity index (χ3n) is 4.50. The van der Waals surface area contributed by atoms with Crippen molar-refractivity contribution in [3.05, 3.63) is 29.8 Å². The molecule has 0 aromatic heterocycles. The fourth-order valence-corrected chi connectivity index (χ4v) is 3.15. The standard InChI is InChI=1S/C17H26N2O2/c1-12(13-7-5-8-15(10-13)21-2)19-17(20)16-9-4-3-6-14(16)11-18/h5,7-8,10,12,14,16H,3-4,6,9,11,18H2,1-2H3,(H,19,20). The van der Waals surface area contributed by atoms with Crippen LogP contribution in [0.25, 0.3) is 0 Å². The Labute approximate surface area is 127 Å². The van der Waals surface area contributed by atoms with Gasteiger partial charge < -0.3 is 15.8 Å². The first-order chi connectivity index (χ1) is 10.2. The van der Waals surface area contributed by atoms with E-state index in [-0.39, 0.29) is 17.9 Å². The maximum Gasteiger partial charge on any atom is 0.223 e. The molecule has 21 heavy (non-hydrogen) atoms. The van der Waals surface area contributed by atoms with E-state index in [4.69, 9.17) is 10.5 Å². The van der Waals surface area contributed by atoms with Crippen LogP contribution in [0.4, 0.5) is 0 Å².